The lowest BCUT2D eigenvalue weighted by Crippen LogP contribution is -2.44. The molecule has 3 aliphatic rings. The summed E-state index contributed by atoms with van der Waals surface area (Å²) in [5.74, 6) is -1.18. The van der Waals surface area contributed by atoms with Crippen LogP contribution < -0.4 is 10.9 Å². The van der Waals surface area contributed by atoms with E-state index in [-0.39, 0.29) is 36.7 Å². The van der Waals surface area contributed by atoms with Gasteiger partial charge in [0, 0.05) is 41.8 Å². The Morgan fingerprint density at radius 2 is 2.03 bits per heavy atom. The number of ether oxygens (including phenoxy) is 2. The van der Waals surface area contributed by atoms with Crippen molar-refractivity contribution in [2.24, 2.45) is 0 Å². The maximum absolute atomic E-state index is 16.2. The number of fused-ring (bicyclic) bond motifs is 5. The van der Waals surface area contributed by atoms with Crippen molar-refractivity contribution in [1.29, 1.82) is 0 Å². The molecule has 1 unspecified atom stereocenters. The molecule has 1 fully saturated rings. The van der Waals surface area contributed by atoms with Crippen LogP contribution in [0.15, 0.2) is 23.0 Å². The number of cyclic esters (lactones) is 1. The Bertz CT molecular complexity index is 1510. The molecule has 37 heavy (non-hydrogen) atoms. The fourth-order valence-corrected chi connectivity index (χ4v) is 5.96. The number of nitrogens with one attached hydrogen (secondary N) is 1. The molecule has 3 aliphatic heterocycles. The Kier molecular flexibility index (Phi) is 5.70. The van der Waals surface area contributed by atoms with Gasteiger partial charge in [0.05, 0.1) is 29.0 Å². The molecule has 3 aromatic rings. The molecular weight excluding hydrogens is 477 g/mol. The number of rotatable bonds is 4. The molecule has 1 saturated heterocycles. The highest BCUT2D eigenvalue weighted by Gasteiger charge is 2.45. The zero-order valence-electron chi connectivity index (χ0n) is 21.2. The van der Waals surface area contributed by atoms with Crippen molar-refractivity contribution in [2.75, 3.05) is 13.2 Å². The van der Waals surface area contributed by atoms with Gasteiger partial charge in [-0.3, -0.25) is 4.79 Å². The number of benzene rings is 1. The molecule has 0 amide bonds. The molecule has 1 aromatic carbocycles. The van der Waals surface area contributed by atoms with E-state index in [1.807, 2.05) is 26.0 Å². The maximum atomic E-state index is 16.2. The Morgan fingerprint density at radius 3 is 2.76 bits per heavy atom. The summed E-state index contributed by atoms with van der Waals surface area (Å²) in [5, 5.41) is 15.2. The number of esters is 1. The van der Waals surface area contributed by atoms with Gasteiger partial charge in [0.2, 0.25) is 0 Å². The summed E-state index contributed by atoms with van der Waals surface area (Å²) in [6.07, 6.45) is 1.87. The minimum absolute atomic E-state index is 0.0313. The molecule has 0 radical (unpaired) electrons. The van der Waals surface area contributed by atoms with Crippen molar-refractivity contribution < 1.29 is 23.8 Å². The zero-order valence-corrected chi connectivity index (χ0v) is 21.2. The average Bonchev–Trinajstić information content (AvgIpc) is 3.27. The van der Waals surface area contributed by atoms with E-state index in [2.05, 4.69) is 5.32 Å². The summed E-state index contributed by atoms with van der Waals surface area (Å²) in [6, 6.07) is 5.73. The second kappa shape index (κ2) is 8.72. The zero-order chi connectivity index (χ0) is 26.1. The molecular formula is C28H30FN3O5. The molecule has 6 rings (SSSR count). The van der Waals surface area contributed by atoms with Crippen molar-refractivity contribution in [3.63, 3.8) is 0 Å². The van der Waals surface area contributed by atoms with Gasteiger partial charge in [-0.25, -0.2) is 14.2 Å². The molecule has 194 valence electrons. The number of aryl methyl sites for hydroxylation is 1. The lowest BCUT2D eigenvalue weighted by Gasteiger charge is -2.31. The third kappa shape index (κ3) is 3.55. The van der Waals surface area contributed by atoms with Gasteiger partial charge in [0.25, 0.3) is 5.56 Å². The highest BCUT2D eigenvalue weighted by Crippen LogP contribution is 2.41. The smallest absolute Gasteiger partial charge is 0.343 e. The largest absolute Gasteiger partial charge is 0.458 e. The van der Waals surface area contributed by atoms with Crippen LogP contribution in [0.1, 0.15) is 67.0 Å². The van der Waals surface area contributed by atoms with E-state index in [0.29, 0.717) is 47.1 Å². The van der Waals surface area contributed by atoms with Gasteiger partial charge in [-0.05, 0) is 50.3 Å². The summed E-state index contributed by atoms with van der Waals surface area (Å²) >= 11 is 0. The van der Waals surface area contributed by atoms with E-state index in [4.69, 9.17) is 14.5 Å². The molecule has 8 nitrogen and oxygen atoms in total. The van der Waals surface area contributed by atoms with Crippen molar-refractivity contribution in [2.45, 2.75) is 70.9 Å². The highest BCUT2D eigenvalue weighted by atomic mass is 19.1. The van der Waals surface area contributed by atoms with E-state index >= 15 is 4.39 Å². The van der Waals surface area contributed by atoms with Crippen molar-refractivity contribution in [3.8, 4) is 11.4 Å². The van der Waals surface area contributed by atoms with Gasteiger partial charge in [0.15, 0.2) is 5.60 Å². The van der Waals surface area contributed by atoms with E-state index in [1.54, 1.807) is 13.0 Å². The maximum Gasteiger partial charge on any atom is 0.343 e. The lowest BCUT2D eigenvalue weighted by molar-refractivity contribution is -0.172. The van der Waals surface area contributed by atoms with Gasteiger partial charge in [-0.1, -0.05) is 19.1 Å². The van der Waals surface area contributed by atoms with Crippen LogP contribution in [0.3, 0.4) is 0 Å². The summed E-state index contributed by atoms with van der Waals surface area (Å²) < 4.78 is 28.2. The number of hydrogen-bond donors (Lipinski definition) is 2. The van der Waals surface area contributed by atoms with Crippen LogP contribution in [0.5, 0.6) is 0 Å². The second-order valence-electron chi connectivity index (χ2n) is 10.3. The number of hydrogen-bond acceptors (Lipinski definition) is 7. The van der Waals surface area contributed by atoms with E-state index in [9.17, 15) is 14.7 Å². The standard InChI is InChI=1S/C28H30FN3O5/c1-4-28(35)20-11-21-24-18(12-32(21)26(33)19(20)13-37-27(28)34)23(29)22-14(2)5-6-17(25(22)31-24)15(3)30-16-7-9-36-10-8-16/h5-6,11,15-16,30,35H,4,7-10,12-13H2,1-3H3/t15?,28-/m0/s1. The van der Waals surface area contributed by atoms with E-state index < -0.39 is 22.9 Å². The predicted molar refractivity (Wildman–Crippen MR) is 135 cm³/mol. The first kappa shape index (κ1) is 24.2. The first-order chi connectivity index (χ1) is 17.7. The Labute approximate surface area is 213 Å². The van der Waals surface area contributed by atoms with E-state index in [1.165, 1.54) is 4.57 Å². The SMILES string of the molecule is CC[C@@]1(O)C(=O)OCc2c1cc1n(c2=O)Cc2c-1nc1c(C(C)NC3CCOCC3)ccc(C)c1c2F. The fraction of sp³-hybridized carbons (Fsp3) is 0.464. The van der Waals surface area contributed by atoms with Crippen molar-refractivity contribution >= 4 is 16.9 Å². The number of carbonyl (C=O) groups excluding carboxylic acids is 1. The minimum Gasteiger partial charge on any atom is -0.458 e. The second-order valence-corrected chi connectivity index (χ2v) is 10.3. The van der Waals surface area contributed by atoms with Crippen LogP contribution in [0.25, 0.3) is 22.3 Å². The monoisotopic (exact) mass is 507 g/mol. The number of aliphatic hydroxyl groups is 1. The molecule has 5 heterocycles. The lowest BCUT2D eigenvalue weighted by atomic mass is 9.86. The number of carbonyl (C=O) groups is 1. The van der Waals surface area contributed by atoms with Gasteiger partial charge >= 0.3 is 5.97 Å². The average molecular weight is 508 g/mol. The number of aromatic nitrogens is 2. The quantitative estimate of drug-likeness (QED) is 0.409. The van der Waals surface area contributed by atoms with Gasteiger partial charge in [-0.15, -0.1) is 0 Å². The van der Waals surface area contributed by atoms with Crippen LogP contribution >= 0.6 is 0 Å². The molecule has 0 aliphatic carbocycles. The van der Waals surface area contributed by atoms with Gasteiger partial charge in [0.1, 0.15) is 12.4 Å². The fourth-order valence-electron chi connectivity index (χ4n) is 5.96. The molecule has 0 saturated carbocycles. The van der Waals surface area contributed by atoms with Crippen LogP contribution in [0.4, 0.5) is 4.39 Å². The molecule has 0 bridgehead atoms. The van der Waals surface area contributed by atoms with Crippen LogP contribution in [0.2, 0.25) is 0 Å². The van der Waals surface area contributed by atoms with Crippen molar-refractivity contribution in [1.82, 2.24) is 14.9 Å². The normalized spacial score (nSPS) is 21.9. The summed E-state index contributed by atoms with van der Waals surface area (Å²) in [4.78, 5) is 30.8. The van der Waals surface area contributed by atoms with Crippen LogP contribution in [0, 0.1) is 12.7 Å². The number of halogens is 1. The molecule has 9 heteroatoms. The van der Waals surface area contributed by atoms with Gasteiger partial charge in [-0.2, -0.15) is 0 Å². The number of nitrogens with zero attached hydrogens (tertiary/aromatic N) is 2. The van der Waals surface area contributed by atoms with Gasteiger partial charge < -0.3 is 24.5 Å². The third-order valence-corrected chi connectivity index (χ3v) is 8.19. The summed E-state index contributed by atoms with van der Waals surface area (Å²) in [6.45, 7) is 6.81. The summed E-state index contributed by atoms with van der Waals surface area (Å²) in [7, 11) is 0. The minimum atomic E-state index is -1.93. The Balaban J connectivity index is 1.53. The van der Waals surface area contributed by atoms with Crippen LogP contribution in [-0.2, 0) is 33.0 Å². The molecule has 2 aromatic heterocycles. The Morgan fingerprint density at radius 1 is 1.27 bits per heavy atom. The van der Waals surface area contributed by atoms with Crippen LogP contribution in [-0.4, -0.2) is 39.9 Å². The van der Waals surface area contributed by atoms with Crippen molar-refractivity contribution in [3.05, 3.63) is 62.2 Å². The Hall–Kier alpha value is -3.14. The molecule has 2 N–H and O–H groups in total. The highest BCUT2D eigenvalue weighted by molar-refractivity contribution is 5.90. The first-order valence-electron chi connectivity index (χ1n) is 12.9. The predicted octanol–water partition coefficient (Wildman–Crippen LogP) is 3.36. The van der Waals surface area contributed by atoms with E-state index in [0.717, 1.165) is 24.0 Å². The number of pyridine rings is 2. The topological polar surface area (TPSA) is 103 Å². The summed E-state index contributed by atoms with van der Waals surface area (Å²) in [5.41, 5.74) is 1.41. The molecule has 0 spiro atoms. The first-order valence-corrected chi connectivity index (χ1v) is 12.9. The third-order valence-electron chi connectivity index (χ3n) is 8.19. The molecule has 2 atom stereocenters.